The number of aliphatic carboxylic acids is 1. The third-order valence-electron chi connectivity index (χ3n) is 2.13. The molecule has 0 fully saturated rings. The van der Waals surface area contributed by atoms with E-state index in [-0.39, 0.29) is 6.42 Å². The highest BCUT2D eigenvalue weighted by Crippen LogP contribution is 2.05. The molecule has 16 heavy (non-hydrogen) atoms. The van der Waals surface area contributed by atoms with Gasteiger partial charge in [0.2, 0.25) is 0 Å². The fraction of sp³-hybridized carbons (Fsp3) is 0.462. The standard InChI is InChI=1S/C13H21NO2/c1-3-5-12(10-14)7-4-6-11(2)8-9-13(15)16/h4-7H,3,8-10,14H2,1-2H3,(H,15,16)/b7-4-,11-6+,12-5-. The number of hydrogen-bond donors (Lipinski definition) is 2. The molecule has 0 aliphatic heterocycles. The van der Waals surface area contributed by atoms with Crippen molar-refractivity contribution in [3.8, 4) is 0 Å². The minimum atomic E-state index is -0.759. The molecule has 0 atom stereocenters. The monoisotopic (exact) mass is 223 g/mol. The summed E-state index contributed by atoms with van der Waals surface area (Å²) in [4.78, 5) is 10.3. The Balaban J connectivity index is 4.18. The summed E-state index contributed by atoms with van der Waals surface area (Å²) in [6, 6.07) is 0. The van der Waals surface area contributed by atoms with Crippen LogP contribution < -0.4 is 5.73 Å². The van der Waals surface area contributed by atoms with Crippen LogP contribution in [0.15, 0.2) is 35.5 Å². The Kier molecular flexibility index (Phi) is 8.17. The van der Waals surface area contributed by atoms with Crippen molar-refractivity contribution >= 4 is 5.97 Å². The van der Waals surface area contributed by atoms with Crippen LogP contribution in [-0.4, -0.2) is 17.6 Å². The maximum atomic E-state index is 10.3. The molecular formula is C13H21NO2. The van der Waals surface area contributed by atoms with Crippen LogP contribution in [0.25, 0.3) is 0 Å². The van der Waals surface area contributed by atoms with Gasteiger partial charge in [0.1, 0.15) is 0 Å². The number of nitrogens with two attached hydrogens (primary N) is 1. The van der Waals surface area contributed by atoms with E-state index in [0.29, 0.717) is 13.0 Å². The van der Waals surface area contributed by atoms with Crippen molar-refractivity contribution in [1.29, 1.82) is 0 Å². The first kappa shape index (κ1) is 14.6. The molecule has 0 aromatic heterocycles. The van der Waals surface area contributed by atoms with E-state index in [0.717, 1.165) is 17.6 Å². The van der Waals surface area contributed by atoms with Crippen molar-refractivity contribution in [3.05, 3.63) is 35.5 Å². The zero-order valence-electron chi connectivity index (χ0n) is 10.1. The van der Waals surface area contributed by atoms with Crippen LogP contribution in [0.2, 0.25) is 0 Å². The maximum Gasteiger partial charge on any atom is 0.303 e. The van der Waals surface area contributed by atoms with Gasteiger partial charge >= 0.3 is 5.97 Å². The Morgan fingerprint density at radius 3 is 2.56 bits per heavy atom. The second-order valence-electron chi connectivity index (χ2n) is 3.66. The van der Waals surface area contributed by atoms with E-state index in [1.54, 1.807) is 0 Å². The second kappa shape index (κ2) is 8.92. The maximum absolute atomic E-state index is 10.3. The van der Waals surface area contributed by atoms with Crippen LogP contribution in [0.5, 0.6) is 0 Å². The Bertz CT molecular complexity index is 301. The smallest absolute Gasteiger partial charge is 0.303 e. The number of rotatable bonds is 7. The van der Waals surface area contributed by atoms with Gasteiger partial charge in [0.05, 0.1) is 0 Å². The normalized spacial score (nSPS) is 13.4. The third-order valence-corrected chi connectivity index (χ3v) is 2.13. The number of carboxylic acid groups (broad SMARTS) is 1. The lowest BCUT2D eigenvalue weighted by molar-refractivity contribution is -0.136. The summed E-state index contributed by atoms with van der Waals surface area (Å²) < 4.78 is 0. The van der Waals surface area contributed by atoms with Crippen molar-refractivity contribution in [2.24, 2.45) is 5.73 Å². The zero-order valence-corrected chi connectivity index (χ0v) is 10.1. The summed E-state index contributed by atoms with van der Waals surface area (Å²) in [5, 5.41) is 8.51. The summed E-state index contributed by atoms with van der Waals surface area (Å²) in [5.74, 6) is -0.759. The van der Waals surface area contributed by atoms with Crippen molar-refractivity contribution in [2.75, 3.05) is 6.54 Å². The van der Waals surface area contributed by atoms with Crippen LogP contribution in [0.3, 0.4) is 0 Å². The lowest BCUT2D eigenvalue weighted by Gasteiger charge is -1.97. The molecule has 0 aromatic rings. The average Bonchev–Trinajstić information content (AvgIpc) is 2.25. The molecule has 0 rings (SSSR count). The van der Waals surface area contributed by atoms with Gasteiger partial charge in [0.15, 0.2) is 0 Å². The topological polar surface area (TPSA) is 63.3 Å². The van der Waals surface area contributed by atoms with E-state index < -0.39 is 5.97 Å². The first-order chi connectivity index (χ1) is 7.60. The minimum absolute atomic E-state index is 0.185. The van der Waals surface area contributed by atoms with E-state index in [4.69, 9.17) is 10.8 Å². The molecule has 0 heterocycles. The highest BCUT2D eigenvalue weighted by atomic mass is 16.4. The summed E-state index contributed by atoms with van der Waals surface area (Å²) in [6.45, 7) is 4.53. The molecule has 0 aliphatic rings. The Morgan fingerprint density at radius 1 is 1.38 bits per heavy atom. The van der Waals surface area contributed by atoms with Crippen LogP contribution in [0.1, 0.15) is 33.1 Å². The predicted molar refractivity (Wildman–Crippen MR) is 67.2 cm³/mol. The molecular weight excluding hydrogens is 202 g/mol. The molecule has 0 amide bonds. The quantitative estimate of drug-likeness (QED) is 0.652. The fourth-order valence-electron chi connectivity index (χ4n) is 1.21. The number of allylic oxidation sites excluding steroid dienone is 4. The largest absolute Gasteiger partial charge is 0.481 e. The van der Waals surface area contributed by atoms with Gasteiger partial charge in [-0.2, -0.15) is 0 Å². The molecule has 0 unspecified atom stereocenters. The molecule has 0 saturated heterocycles. The number of carbonyl (C=O) groups is 1. The van der Waals surface area contributed by atoms with Gasteiger partial charge < -0.3 is 10.8 Å². The lowest BCUT2D eigenvalue weighted by atomic mass is 10.1. The molecule has 0 aliphatic carbocycles. The van der Waals surface area contributed by atoms with Gasteiger partial charge in [-0.05, 0) is 25.3 Å². The Hall–Kier alpha value is -1.35. The second-order valence-corrected chi connectivity index (χ2v) is 3.66. The zero-order chi connectivity index (χ0) is 12.4. The van der Waals surface area contributed by atoms with Gasteiger partial charge in [-0.25, -0.2) is 0 Å². The van der Waals surface area contributed by atoms with Crippen molar-refractivity contribution in [1.82, 2.24) is 0 Å². The van der Waals surface area contributed by atoms with Crippen molar-refractivity contribution in [2.45, 2.75) is 33.1 Å². The van der Waals surface area contributed by atoms with Crippen molar-refractivity contribution < 1.29 is 9.90 Å². The van der Waals surface area contributed by atoms with Gasteiger partial charge in [-0.1, -0.05) is 36.8 Å². The van der Waals surface area contributed by atoms with E-state index in [1.165, 1.54) is 0 Å². The van der Waals surface area contributed by atoms with E-state index in [1.807, 2.05) is 25.2 Å². The van der Waals surface area contributed by atoms with Crippen molar-refractivity contribution in [3.63, 3.8) is 0 Å². The summed E-state index contributed by atoms with van der Waals surface area (Å²) in [7, 11) is 0. The van der Waals surface area contributed by atoms with Gasteiger partial charge in [-0.3, -0.25) is 4.79 Å². The van der Waals surface area contributed by atoms with Gasteiger partial charge in [0.25, 0.3) is 0 Å². The van der Waals surface area contributed by atoms with Crippen LogP contribution in [-0.2, 0) is 4.79 Å². The molecule has 0 radical (unpaired) electrons. The molecule has 90 valence electrons. The van der Waals surface area contributed by atoms with E-state index in [9.17, 15) is 4.79 Å². The summed E-state index contributed by atoms with van der Waals surface area (Å²) >= 11 is 0. The SMILES string of the molecule is CC/C=C(/C=C\C=C(/C)CCC(=O)O)CN. The van der Waals surface area contributed by atoms with Crippen LogP contribution in [0.4, 0.5) is 0 Å². The Morgan fingerprint density at radius 2 is 2.06 bits per heavy atom. The Labute approximate surface area is 97.3 Å². The lowest BCUT2D eigenvalue weighted by Crippen LogP contribution is -2.00. The summed E-state index contributed by atoms with van der Waals surface area (Å²) in [6.07, 6.45) is 9.65. The molecule has 0 saturated carbocycles. The van der Waals surface area contributed by atoms with E-state index >= 15 is 0 Å². The molecule has 0 bridgehead atoms. The highest BCUT2D eigenvalue weighted by molar-refractivity contribution is 5.67. The van der Waals surface area contributed by atoms with Gasteiger partial charge in [-0.15, -0.1) is 0 Å². The molecule has 3 heteroatoms. The van der Waals surface area contributed by atoms with Crippen LogP contribution >= 0.6 is 0 Å². The first-order valence-corrected chi connectivity index (χ1v) is 5.54. The van der Waals surface area contributed by atoms with E-state index in [2.05, 4.69) is 13.0 Å². The van der Waals surface area contributed by atoms with Gasteiger partial charge in [0, 0.05) is 13.0 Å². The number of carboxylic acids is 1. The first-order valence-electron chi connectivity index (χ1n) is 5.54. The van der Waals surface area contributed by atoms with Crippen LogP contribution in [0, 0.1) is 0 Å². The molecule has 3 nitrogen and oxygen atoms in total. The summed E-state index contributed by atoms with van der Waals surface area (Å²) in [5.41, 5.74) is 7.72. The molecule has 3 N–H and O–H groups in total. The molecule has 0 spiro atoms. The fourth-order valence-corrected chi connectivity index (χ4v) is 1.21. The third kappa shape index (κ3) is 8.00. The minimum Gasteiger partial charge on any atom is -0.481 e. The average molecular weight is 223 g/mol. The predicted octanol–water partition coefficient (Wildman–Crippen LogP) is 2.65. The molecule has 0 aromatic carbocycles. The number of hydrogen-bond acceptors (Lipinski definition) is 2. The highest BCUT2D eigenvalue weighted by Gasteiger charge is 1.96.